The van der Waals surface area contributed by atoms with Crippen molar-refractivity contribution < 1.29 is 8.42 Å². The van der Waals surface area contributed by atoms with E-state index < -0.39 is 10.2 Å². The van der Waals surface area contributed by atoms with Crippen LogP contribution >= 0.6 is 11.6 Å². The van der Waals surface area contributed by atoms with Crippen LogP contribution in [0.3, 0.4) is 0 Å². The van der Waals surface area contributed by atoms with Crippen molar-refractivity contribution in [1.29, 1.82) is 0 Å². The standard InChI is InChI=1S/C20H22ClN3O2S/c1-13-20-19(15-9-5-7-11-18(15)22-20)16(14-8-4-6-10-17(14)21)12-24(13)27(25,26)23(2)3/h4-11,13,16,22H,12H2,1-3H3/t13-,16+/m0/s1. The lowest BCUT2D eigenvalue weighted by Crippen LogP contribution is -2.46. The molecule has 2 aromatic carbocycles. The summed E-state index contributed by atoms with van der Waals surface area (Å²) in [5, 5.41) is 1.77. The molecule has 4 rings (SSSR count). The molecule has 0 amide bonds. The molecule has 2 heterocycles. The lowest BCUT2D eigenvalue weighted by atomic mass is 9.85. The van der Waals surface area contributed by atoms with Gasteiger partial charge in [0.15, 0.2) is 0 Å². The second kappa shape index (κ2) is 6.63. The average Bonchev–Trinajstić information content (AvgIpc) is 3.03. The minimum atomic E-state index is -3.58. The van der Waals surface area contributed by atoms with Crippen molar-refractivity contribution in [3.63, 3.8) is 0 Å². The highest BCUT2D eigenvalue weighted by atomic mass is 35.5. The second-order valence-electron chi connectivity index (χ2n) is 7.11. The number of H-pyrrole nitrogens is 1. The summed E-state index contributed by atoms with van der Waals surface area (Å²) < 4.78 is 28.8. The average molecular weight is 404 g/mol. The largest absolute Gasteiger partial charge is 0.357 e. The van der Waals surface area contributed by atoms with Gasteiger partial charge in [-0.3, -0.25) is 0 Å². The SMILES string of the molecule is C[C@H]1c2[nH]c3ccccc3c2[C@@H](c2ccccc2Cl)CN1S(=O)(=O)N(C)C. The quantitative estimate of drug-likeness (QED) is 0.714. The molecule has 0 saturated heterocycles. The number of halogens is 1. The third kappa shape index (κ3) is 2.88. The predicted octanol–water partition coefficient (Wildman–Crippen LogP) is 4.14. The van der Waals surface area contributed by atoms with Crippen LogP contribution in [-0.2, 0) is 10.2 Å². The van der Waals surface area contributed by atoms with Crippen molar-refractivity contribution in [2.75, 3.05) is 20.6 Å². The van der Waals surface area contributed by atoms with Gasteiger partial charge in [0.1, 0.15) is 0 Å². The molecule has 7 heteroatoms. The number of para-hydroxylation sites is 1. The molecule has 5 nitrogen and oxygen atoms in total. The maximum atomic E-state index is 13.0. The smallest absolute Gasteiger partial charge is 0.282 e. The minimum Gasteiger partial charge on any atom is -0.357 e. The lowest BCUT2D eigenvalue weighted by molar-refractivity contribution is 0.288. The van der Waals surface area contributed by atoms with Gasteiger partial charge in [0.2, 0.25) is 0 Å². The van der Waals surface area contributed by atoms with E-state index in [-0.39, 0.29) is 12.0 Å². The molecule has 0 radical (unpaired) electrons. The van der Waals surface area contributed by atoms with Crippen molar-refractivity contribution in [3.8, 4) is 0 Å². The van der Waals surface area contributed by atoms with E-state index in [2.05, 4.69) is 11.1 Å². The summed E-state index contributed by atoms with van der Waals surface area (Å²) in [6.07, 6.45) is 0. The Morgan fingerprint density at radius 1 is 1.11 bits per heavy atom. The van der Waals surface area contributed by atoms with Crippen LogP contribution in [0.15, 0.2) is 48.5 Å². The number of benzene rings is 2. The Hall–Kier alpha value is -1.86. The molecule has 1 N–H and O–H groups in total. The monoisotopic (exact) mass is 403 g/mol. The Labute approximate surface area is 164 Å². The number of rotatable bonds is 3. The Bertz CT molecular complexity index is 1110. The zero-order valence-corrected chi connectivity index (χ0v) is 17.1. The third-order valence-electron chi connectivity index (χ3n) is 5.38. The maximum Gasteiger partial charge on any atom is 0.282 e. The van der Waals surface area contributed by atoms with E-state index in [0.717, 1.165) is 27.7 Å². The first-order valence-electron chi connectivity index (χ1n) is 8.86. The van der Waals surface area contributed by atoms with E-state index in [9.17, 15) is 8.42 Å². The summed E-state index contributed by atoms with van der Waals surface area (Å²) in [6.45, 7) is 2.28. The summed E-state index contributed by atoms with van der Waals surface area (Å²) in [5.41, 5.74) is 4.01. The molecule has 1 aliphatic heterocycles. The van der Waals surface area contributed by atoms with Gasteiger partial charge in [0.25, 0.3) is 10.2 Å². The fraction of sp³-hybridized carbons (Fsp3) is 0.300. The summed E-state index contributed by atoms with van der Waals surface area (Å²) in [6, 6.07) is 15.5. The van der Waals surface area contributed by atoms with Crippen LogP contribution in [0.1, 0.15) is 35.7 Å². The summed E-state index contributed by atoms with van der Waals surface area (Å²) in [5.74, 6) is -0.143. The zero-order chi connectivity index (χ0) is 19.3. The molecule has 0 saturated carbocycles. The van der Waals surface area contributed by atoms with Crippen molar-refractivity contribution in [2.24, 2.45) is 0 Å². The van der Waals surface area contributed by atoms with Crippen molar-refractivity contribution in [2.45, 2.75) is 18.9 Å². The van der Waals surface area contributed by atoms with Gasteiger partial charge < -0.3 is 4.98 Å². The van der Waals surface area contributed by atoms with Gasteiger partial charge in [-0.25, -0.2) is 0 Å². The number of nitrogens with zero attached hydrogens (tertiary/aromatic N) is 2. The topological polar surface area (TPSA) is 56.4 Å². The molecule has 27 heavy (non-hydrogen) atoms. The minimum absolute atomic E-state index is 0.143. The van der Waals surface area contributed by atoms with Gasteiger partial charge in [-0.1, -0.05) is 48.0 Å². The fourth-order valence-electron chi connectivity index (χ4n) is 3.98. The van der Waals surface area contributed by atoms with Crippen LogP contribution in [0.4, 0.5) is 0 Å². The van der Waals surface area contributed by atoms with E-state index in [4.69, 9.17) is 11.6 Å². The molecule has 0 spiro atoms. The second-order valence-corrected chi connectivity index (χ2v) is 9.61. The van der Waals surface area contributed by atoms with Gasteiger partial charge in [-0.05, 0) is 30.2 Å². The Morgan fingerprint density at radius 3 is 2.48 bits per heavy atom. The number of hydrogen-bond donors (Lipinski definition) is 1. The van der Waals surface area contributed by atoms with Crippen molar-refractivity contribution in [3.05, 3.63) is 70.4 Å². The fourth-order valence-corrected chi connectivity index (χ4v) is 5.51. The van der Waals surface area contributed by atoms with E-state index in [1.54, 1.807) is 18.4 Å². The Balaban J connectivity index is 1.98. The Kier molecular flexibility index (Phi) is 4.55. The summed E-state index contributed by atoms with van der Waals surface area (Å²) in [4.78, 5) is 3.46. The van der Waals surface area contributed by atoms with Crippen LogP contribution in [-0.4, -0.2) is 42.7 Å². The summed E-state index contributed by atoms with van der Waals surface area (Å²) in [7, 11) is -0.454. The van der Waals surface area contributed by atoms with Crippen molar-refractivity contribution in [1.82, 2.24) is 13.6 Å². The van der Waals surface area contributed by atoms with E-state index in [1.165, 1.54) is 4.31 Å². The molecular formula is C20H22ClN3O2S. The van der Waals surface area contributed by atoms with E-state index >= 15 is 0 Å². The molecule has 0 bridgehead atoms. The number of nitrogens with one attached hydrogen (secondary N) is 1. The number of aromatic amines is 1. The highest BCUT2D eigenvalue weighted by Crippen LogP contribution is 2.45. The van der Waals surface area contributed by atoms with Crippen LogP contribution in [0.25, 0.3) is 10.9 Å². The lowest BCUT2D eigenvalue weighted by Gasteiger charge is -2.38. The van der Waals surface area contributed by atoms with Gasteiger partial charge >= 0.3 is 0 Å². The van der Waals surface area contributed by atoms with E-state index in [1.807, 2.05) is 49.4 Å². The van der Waals surface area contributed by atoms with Gasteiger partial charge in [-0.2, -0.15) is 17.0 Å². The Morgan fingerprint density at radius 2 is 1.78 bits per heavy atom. The molecule has 142 valence electrons. The van der Waals surface area contributed by atoms with Crippen LogP contribution in [0.2, 0.25) is 5.02 Å². The first-order valence-corrected chi connectivity index (χ1v) is 10.6. The number of hydrogen-bond acceptors (Lipinski definition) is 2. The molecule has 1 aromatic heterocycles. The van der Waals surface area contributed by atoms with Crippen LogP contribution in [0.5, 0.6) is 0 Å². The van der Waals surface area contributed by atoms with Crippen LogP contribution < -0.4 is 0 Å². The van der Waals surface area contributed by atoms with Crippen molar-refractivity contribution >= 4 is 32.7 Å². The molecule has 2 atom stereocenters. The molecule has 0 aliphatic carbocycles. The molecule has 0 unspecified atom stereocenters. The predicted molar refractivity (Wildman–Crippen MR) is 109 cm³/mol. The molecular weight excluding hydrogens is 382 g/mol. The van der Waals surface area contributed by atoms with Gasteiger partial charge in [-0.15, -0.1) is 0 Å². The molecule has 1 aliphatic rings. The van der Waals surface area contributed by atoms with E-state index in [0.29, 0.717) is 11.6 Å². The first-order chi connectivity index (χ1) is 12.8. The summed E-state index contributed by atoms with van der Waals surface area (Å²) >= 11 is 6.51. The van der Waals surface area contributed by atoms with Gasteiger partial charge in [0, 0.05) is 48.2 Å². The zero-order valence-electron chi connectivity index (χ0n) is 15.5. The maximum absolute atomic E-state index is 13.0. The number of fused-ring (bicyclic) bond motifs is 3. The third-order valence-corrected chi connectivity index (χ3v) is 7.70. The highest BCUT2D eigenvalue weighted by Gasteiger charge is 2.41. The molecule has 3 aromatic rings. The van der Waals surface area contributed by atoms with Gasteiger partial charge in [0.05, 0.1) is 6.04 Å². The highest BCUT2D eigenvalue weighted by molar-refractivity contribution is 7.86. The molecule has 0 fully saturated rings. The number of aromatic nitrogens is 1. The first kappa shape index (κ1) is 18.5. The van der Waals surface area contributed by atoms with Crippen LogP contribution in [0, 0.1) is 0 Å². The normalized spacial score (nSPS) is 20.9.